The van der Waals surface area contributed by atoms with Gasteiger partial charge in [-0.1, -0.05) is 55.8 Å². The van der Waals surface area contributed by atoms with Gasteiger partial charge in [0.05, 0.1) is 36.2 Å². The van der Waals surface area contributed by atoms with Crippen LogP contribution in [0.3, 0.4) is 0 Å². The summed E-state index contributed by atoms with van der Waals surface area (Å²) in [5.74, 6) is 1.57. The molecule has 5 atom stereocenters. The van der Waals surface area contributed by atoms with E-state index in [0.717, 1.165) is 17.5 Å². The summed E-state index contributed by atoms with van der Waals surface area (Å²) in [6.45, 7) is 11.1. The van der Waals surface area contributed by atoms with Crippen LogP contribution in [0.5, 0.6) is 17.2 Å². The molecular weight excluding hydrogens is 689 g/mol. The molecule has 3 saturated heterocycles. The maximum atomic E-state index is 14.3. The molecule has 4 aliphatic heterocycles. The molecule has 0 bridgehead atoms. The number of rotatable bonds is 12. The lowest BCUT2D eigenvalue weighted by atomic mass is 9.99. The van der Waals surface area contributed by atoms with Crippen molar-refractivity contribution in [3.8, 4) is 17.2 Å². The third-order valence-electron chi connectivity index (χ3n) is 10.0. The van der Waals surface area contributed by atoms with Crippen LogP contribution in [0.2, 0.25) is 0 Å². The van der Waals surface area contributed by atoms with Gasteiger partial charge in [-0.05, 0) is 74.9 Å². The number of fused-ring (bicyclic) bond motifs is 2. The fourth-order valence-electron chi connectivity index (χ4n) is 7.54. The number of carbonyl (C=O) groups is 1. The number of nitrogens with zero attached hydrogens (tertiary/aromatic N) is 2. The molecule has 0 spiro atoms. The van der Waals surface area contributed by atoms with Crippen LogP contribution in [0.4, 0.5) is 4.79 Å². The molecule has 7 rings (SSSR count). The molecule has 3 aromatic carbocycles. The maximum Gasteiger partial charge on any atom is 0.412 e. The van der Waals surface area contributed by atoms with Gasteiger partial charge in [0.2, 0.25) is 16.8 Å². The van der Waals surface area contributed by atoms with Gasteiger partial charge in [-0.3, -0.25) is 4.90 Å². The second-order valence-corrected chi connectivity index (χ2v) is 16.8. The first-order chi connectivity index (χ1) is 24.9. The molecule has 12 nitrogen and oxygen atoms in total. The molecule has 0 aromatic heterocycles. The van der Waals surface area contributed by atoms with E-state index in [-0.39, 0.29) is 49.5 Å². The van der Waals surface area contributed by atoms with E-state index in [1.807, 2.05) is 64.1 Å². The van der Waals surface area contributed by atoms with Crippen LogP contribution in [0.25, 0.3) is 0 Å². The third kappa shape index (κ3) is 7.74. The van der Waals surface area contributed by atoms with Gasteiger partial charge < -0.3 is 33.2 Å². The molecule has 3 unspecified atom stereocenters. The zero-order valence-corrected chi connectivity index (χ0v) is 31.2. The van der Waals surface area contributed by atoms with Gasteiger partial charge in [0.25, 0.3) is 0 Å². The van der Waals surface area contributed by atoms with Crippen LogP contribution in [0.15, 0.2) is 71.6 Å². The Bertz CT molecular complexity index is 1850. The van der Waals surface area contributed by atoms with Crippen LogP contribution >= 0.6 is 0 Å². The van der Waals surface area contributed by atoms with Gasteiger partial charge in [-0.2, -0.15) is 4.31 Å². The van der Waals surface area contributed by atoms with E-state index in [2.05, 4.69) is 19.1 Å². The molecule has 4 aliphatic rings. The van der Waals surface area contributed by atoms with Crippen molar-refractivity contribution >= 4 is 16.1 Å². The predicted octanol–water partition coefficient (Wildman–Crippen LogP) is 5.90. The Labute approximate surface area is 305 Å². The molecule has 3 aromatic rings. The van der Waals surface area contributed by atoms with Gasteiger partial charge in [0.15, 0.2) is 17.8 Å². The van der Waals surface area contributed by atoms with Crippen molar-refractivity contribution in [2.24, 2.45) is 11.8 Å². The van der Waals surface area contributed by atoms with Crippen LogP contribution in [-0.2, 0) is 42.0 Å². The molecule has 3 fully saturated rings. The highest BCUT2D eigenvalue weighted by Crippen LogP contribution is 2.40. The quantitative estimate of drug-likeness (QED) is 0.222. The summed E-state index contributed by atoms with van der Waals surface area (Å²) in [4.78, 5) is 15.9. The van der Waals surface area contributed by atoms with E-state index >= 15 is 0 Å². The number of sulfonamides is 1. The third-order valence-corrected chi connectivity index (χ3v) is 11.8. The monoisotopic (exact) mass is 736 g/mol. The fourth-order valence-corrected chi connectivity index (χ4v) is 9.17. The number of ether oxygens (including phenoxy) is 7. The van der Waals surface area contributed by atoms with Gasteiger partial charge in [-0.15, -0.1) is 0 Å². The molecule has 13 heteroatoms. The summed E-state index contributed by atoms with van der Waals surface area (Å²) in [7, 11) is -4.01. The summed E-state index contributed by atoms with van der Waals surface area (Å²) in [6.07, 6.45) is -0.923. The van der Waals surface area contributed by atoms with E-state index in [9.17, 15) is 13.2 Å². The van der Waals surface area contributed by atoms with Crippen LogP contribution in [0, 0.1) is 18.8 Å². The van der Waals surface area contributed by atoms with Gasteiger partial charge in [-0.25, -0.2) is 13.2 Å². The molecule has 0 aliphatic carbocycles. The summed E-state index contributed by atoms with van der Waals surface area (Å²) >= 11 is 0. The molecule has 0 saturated carbocycles. The van der Waals surface area contributed by atoms with Gasteiger partial charge in [0, 0.05) is 19.2 Å². The zero-order chi connectivity index (χ0) is 36.6. The highest BCUT2D eigenvalue weighted by molar-refractivity contribution is 7.89. The number of carbonyl (C=O) groups excluding carboxylic acids is 1. The van der Waals surface area contributed by atoms with Crippen molar-refractivity contribution in [3.63, 3.8) is 0 Å². The Morgan fingerprint density at radius 3 is 2.56 bits per heavy atom. The molecule has 4 heterocycles. The number of hydrogen-bond donors (Lipinski definition) is 0. The SMILES string of the molecule is Cc1cccc(COc2ccc(CC3C(CN(CC(C)C)S(=O)(=O)c4ccc5c(c4)OCO5)OC(C)(C)N3C(=O)OC3CO[C@@H]4OCC[C@H]34)cc2)c1. The van der Waals surface area contributed by atoms with E-state index < -0.39 is 40.1 Å². The minimum atomic E-state index is -4.01. The highest BCUT2D eigenvalue weighted by atomic mass is 32.2. The van der Waals surface area contributed by atoms with Crippen molar-refractivity contribution in [3.05, 3.63) is 83.4 Å². The number of amides is 1. The zero-order valence-electron chi connectivity index (χ0n) is 30.4. The van der Waals surface area contributed by atoms with Crippen molar-refractivity contribution in [2.45, 2.75) is 89.2 Å². The van der Waals surface area contributed by atoms with Crippen LogP contribution < -0.4 is 14.2 Å². The smallest absolute Gasteiger partial charge is 0.412 e. The summed E-state index contributed by atoms with van der Waals surface area (Å²) < 4.78 is 71.2. The summed E-state index contributed by atoms with van der Waals surface area (Å²) in [5, 5.41) is 0. The summed E-state index contributed by atoms with van der Waals surface area (Å²) in [5.41, 5.74) is 2.07. The fraction of sp³-hybridized carbons (Fsp3) is 0.513. The molecule has 280 valence electrons. The lowest BCUT2D eigenvalue weighted by Crippen LogP contribution is -2.51. The Morgan fingerprint density at radius 2 is 1.79 bits per heavy atom. The predicted molar refractivity (Wildman–Crippen MR) is 190 cm³/mol. The molecule has 1 amide bonds. The van der Waals surface area contributed by atoms with Crippen molar-refractivity contribution < 1.29 is 46.4 Å². The van der Waals surface area contributed by atoms with Crippen molar-refractivity contribution in [2.75, 3.05) is 33.1 Å². The van der Waals surface area contributed by atoms with E-state index in [1.165, 1.54) is 22.0 Å². The molecule has 52 heavy (non-hydrogen) atoms. The van der Waals surface area contributed by atoms with Gasteiger partial charge >= 0.3 is 6.09 Å². The van der Waals surface area contributed by atoms with E-state index in [1.54, 1.807) is 11.0 Å². The topological polar surface area (TPSA) is 122 Å². The van der Waals surface area contributed by atoms with E-state index in [0.29, 0.717) is 36.9 Å². The second kappa shape index (κ2) is 14.9. The highest BCUT2D eigenvalue weighted by Gasteiger charge is 2.53. The first kappa shape index (κ1) is 36.5. The largest absolute Gasteiger partial charge is 0.489 e. The van der Waals surface area contributed by atoms with E-state index in [4.69, 9.17) is 33.2 Å². The lowest BCUT2D eigenvalue weighted by molar-refractivity contribution is -0.0911. The Morgan fingerprint density at radius 1 is 1.00 bits per heavy atom. The number of aryl methyl sites for hydroxylation is 1. The molecule has 0 radical (unpaired) electrons. The summed E-state index contributed by atoms with van der Waals surface area (Å²) in [6, 6.07) is 20.0. The molecular formula is C39H48N2O10S. The minimum Gasteiger partial charge on any atom is -0.489 e. The normalized spacial score (nSPS) is 24.8. The first-order valence-corrected chi connectivity index (χ1v) is 19.4. The Hall–Kier alpha value is -3.88. The minimum absolute atomic E-state index is 0.00834. The maximum absolute atomic E-state index is 14.3. The van der Waals surface area contributed by atoms with Crippen LogP contribution in [0.1, 0.15) is 50.8 Å². The lowest BCUT2D eigenvalue weighted by Gasteiger charge is -2.34. The van der Waals surface area contributed by atoms with Crippen LogP contribution in [-0.4, -0.2) is 87.1 Å². The Kier molecular flexibility index (Phi) is 10.4. The average Bonchev–Trinajstić information content (AvgIpc) is 3.89. The Balaban J connectivity index is 1.15. The number of benzene rings is 3. The first-order valence-electron chi connectivity index (χ1n) is 18.0. The molecule has 0 N–H and O–H groups in total. The van der Waals surface area contributed by atoms with Gasteiger partial charge in [0.1, 0.15) is 24.2 Å². The standard InChI is InChI=1S/C39H48N2O10S/c1-25(2)20-40(52(43,44)30-13-14-33-34(19-30)49-24-48-33)21-35-32(18-27-9-11-29(12-10-27)46-22-28-8-6-7-26(3)17-28)41(39(4,5)51-35)38(42)50-36-23-47-37-31(36)15-16-45-37/h6-14,17,19,25,31-32,35-37H,15-16,18,20-24H2,1-5H3/t31-,32?,35?,36?,37+/m1/s1. The van der Waals surface area contributed by atoms with Crippen molar-refractivity contribution in [1.82, 2.24) is 9.21 Å². The van der Waals surface area contributed by atoms with Crippen molar-refractivity contribution in [1.29, 1.82) is 0 Å². The average molecular weight is 737 g/mol. The number of hydrogen-bond acceptors (Lipinski definition) is 10. The second-order valence-electron chi connectivity index (χ2n) is 14.8.